The third-order valence-electron chi connectivity index (χ3n) is 3.91. The van der Waals surface area contributed by atoms with E-state index < -0.39 is 11.5 Å². The zero-order chi connectivity index (χ0) is 14.9. The number of hydrogen-bond donors (Lipinski definition) is 2. The van der Waals surface area contributed by atoms with Crippen LogP contribution in [0.2, 0.25) is 0 Å². The average Bonchev–Trinajstić information content (AvgIpc) is 3.08. The van der Waals surface area contributed by atoms with Crippen molar-refractivity contribution in [3.8, 4) is 5.69 Å². The molecule has 1 aromatic carbocycles. The van der Waals surface area contributed by atoms with E-state index in [4.69, 9.17) is 5.73 Å². The zero-order valence-electron chi connectivity index (χ0n) is 11.6. The van der Waals surface area contributed by atoms with Crippen LogP contribution >= 0.6 is 0 Å². The number of aliphatic carboxylic acids is 1. The fourth-order valence-electron chi connectivity index (χ4n) is 2.71. The molecule has 2 heterocycles. The zero-order valence-corrected chi connectivity index (χ0v) is 11.6. The number of para-hydroxylation sites is 1. The Balaban J connectivity index is 1.76. The van der Waals surface area contributed by atoms with Crippen molar-refractivity contribution in [2.24, 2.45) is 5.73 Å². The lowest BCUT2D eigenvalue weighted by molar-refractivity contribution is -0.142. The molecule has 0 saturated carbocycles. The molecule has 21 heavy (non-hydrogen) atoms. The second kappa shape index (κ2) is 5.31. The van der Waals surface area contributed by atoms with Crippen LogP contribution in [-0.2, 0) is 11.3 Å². The number of hydrogen-bond acceptors (Lipinski definition) is 4. The lowest BCUT2D eigenvalue weighted by Crippen LogP contribution is -2.50. The Kier molecular flexibility index (Phi) is 3.48. The number of nitrogens with zero attached hydrogens (tertiary/aromatic N) is 3. The average molecular weight is 286 g/mol. The first-order chi connectivity index (χ1) is 10.1. The molecule has 3 N–H and O–H groups in total. The number of rotatable bonds is 4. The Bertz CT molecular complexity index is 640. The molecule has 1 atom stereocenters. The highest BCUT2D eigenvalue weighted by Crippen LogP contribution is 2.21. The van der Waals surface area contributed by atoms with Crippen LogP contribution in [0.3, 0.4) is 0 Å². The number of likely N-dealkylation sites (tertiary alicyclic amines) is 1. The quantitative estimate of drug-likeness (QED) is 0.871. The van der Waals surface area contributed by atoms with Crippen LogP contribution in [0.1, 0.15) is 12.1 Å². The second-order valence-corrected chi connectivity index (χ2v) is 5.49. The van der Waals surface area contributed by atoms with Crippen molar-refractivity contribution < 1.29 is 9.90 Å². The molecule has 6 nitrogen and oxygen atoms in total. The van der Waals surface area contributed by atoms with Gasteiger partial charge < -0.3 is 10.8 Å². The summed E-state index contributed by atoms with van der Waals surface area (Å²) in [6.07, 6.45) is 2.23. The Morgan fingerprint density at radius 2 is 2.10 bits per heavy atom. The number of aromatic nitrogens is 2. The van der Waals surface area contributed by atoms with Gasteiger partial charge in [0.05, 0.1) is 11.4 Å². The first-order valence-corrected chi connectivity index (χ1v) is 6.91. The van der Waals surface area contributed by atoms with Gasteiger partial charge in [0.15, 0.2) is 0 Å². The van der Waals surface area contributed by atoms with Crippen LogP contribution in [-0.4, -0.2) is 44.4 Å². The van der Waals surface area contributed by atoms with E-state index in [0.717, 1.165) is 11.4 Å². The molecule has 1 aliphatic heterocycles. The van der Waals surface area contributed by atoms with Gasteiger partial charge in [-0.25, -0.2) is 4.68 Å². The van der Waals surface area contributed by atoms with Crippen LogP contribution < -0.4 is 5.73 Å². The van der Waals surface area contributed by atoms with E-state index in [1.165, 1.54) is 0 Å². The first kappa shape index (κ1) is 13.8. The third-order valence-corrected chi connectivity index (χ3v) is 3.91. The maximum atomic E-state index is 11.2. The van der Waals surface area contributed by atoms with Gasteiger partial charge in [0.25, 0.3) is 0 Å². The third kappa shape index (κ3) is 2.68. The Morgan fingerprint density at radius 3 is 2.76 bits per heavy atom. The summed E-state index contributed by atoms with van der Waals surface area (Å²) in [5.41, 5.74) is 6.80. The Labute approximate surface area is 122 Å². The molecule has 1 aromatic heterocycles. The highest BCUT2D eigenvalue weighted by Gasteiger charge is 2.41. The summed E-state index contributed by atoms with van der Waals surface area (Å²) in [6.45, 7) is 1.69. The molecule has 0 radical (unpaired) electrons. The summed E-state index contributed by atoms with van der Waals surface area (Å²) in [4.78, 5) is 13.3. The molecule has 3 rings (SSSR count). The molecule has 1 saturated heterocycles. The van der Waals surface area contributed by atoms with Crippen molar-refractivity contribution in [1.82, 2.24) is 14.7 Å². The molecule has 0 aliphatic carbocycles. The van der Waals surface area contributed by atoms with Gasteiger partial charge in [-0.15, -0.1) is 0 Å². The van der Waals surface area contributed by atoms with Gasteiger partial charge in [-0.05, 0) is 24.6 Å². The first-order valence-electron chi connectivity index (χ1n) is 6.91. The lowest BCUT2D eigenvalue weighted by atomic mass is 10.0. The van der Waals surface area contributed by atoms with Crippen molar-refractivity contribution in [2.75, 3.05) is 13.1 Å². The predicted molar refractivity (Wildman–Crippen MR) is 78.0 cm³/mol. The van der Waals surface area contributed by atoms with Crippen LogP contribution in [0.5, 0.6) is 0 Å². The summed E-state index contributed by atoms with van der Waals surface area (Å²) >= 11 is 0. The normalized spacial score (nSPS) is 22.5. The molecule has 6 heteroatoms. The minimum absolute atomic E-state index is 0.363. The van der Waals surface area contributed by atoms with Crippen molar-refractivity contribution in [2.45, 2.75) is 18.5 Å². The van der Waals surface area contributed by atoms with Gasteiger partial charge in [-0.3, -0.25) is 9.69 Å². The number of carboxylic acid groups (broad SMARTS) is 1. The molecule has 110 valence electrons. The Morgan fingerprint density at radius 1 is 1.33 bits per heavy atom. The molecule has 0 bridgehead atoms. The summed E-state index contributed by atoms with van der Waals surface area (Å²) < 4.78 is 1.87. The van der Waals surface area contributed by atoms with Crippen LogP contribution in [0, 0.1) is 0 Å². The fraction of sp³-hybridized carbons (Fsp3) is 0.333. The van der Waals surface area contributed by atoms with Gasteiger partial charge >= 0.3 is 5.97 Å². The molecule has 0 unspecified atom stereocenters. The molecule has 2 aromatic rings. The van der Waals surface area contributed by atoms with Crippen molar-refractivity contribution in [3.63, 3.8) is 0 Å². The summed E-state index contributed by atoms with van der Waals surface area (Å²) in [6, 6.07) is 11.8. The van der Waals surface area contributed by atoms with Gasteiger partial charge in [-0.1, -0.05) is 18.2 Å². The maximum absolute atomic E-state index is 11.2. The van der Waals surface area contributed by atoms with E-state index >= 15 is 0 Å². The van der Waals surface area contributed by atoms with Crippen LogP contribution in [0.15, 0.2) is 42.6 Å². The SMILES string of the molecule is N[C@]1(C(=O)O)CCN(Cc2ccnn2-c2ccccc2)C1. The molecule has 1 aliphatic rings. The number of nitrogens with two attached hydrogens (primary N) is 1. The number of carbonyl (C=O) groups is 1. The second-order valence-electron chi connectivity index (χ2n) is 5.49. The van der Waals surface area contributed by atoms with Crippen LogP contribution in [0.4, 0.5) is 0 Å². The highest BCUT2D eigenvalue weighted by atomic mass is 16.4. The van der Waals surface area contributed by atoms with Crippen molar-refractivity contribution in [3.05, 3.63) is 48.3 Å². The standard InChI is InChI=1S/C15H18N4O2/c16-15(14(20)21)7-9-18(11-15)10-13-6-8-17-19(13)12-4-2-1-3-5-12/h1-6,8H,7,9-11,16H2,(H,20,21)/t15-/m1/s1. The number of benzene rings is 1. The fourth-order valence-corrected chi connectivity index (χ4v) is 2.71. The van der Waals surface area contributed by atoms with E-state index in [-0.39, 0.29) is 0 Å². The number of carboxylic acids is 1. The minimum Gasteiger partial charge on any atom is -0.480 e. The topological polar surface area (TPSA) is 84.4 Å². The summed E-state index contributed by atoms with van der Waals surface area (Å²) in [5.74, 6) is -0.929. The largest absolute Gasteiger partial charge is 0.480 e. The summed E-state index contributed by atoms with van der Waals surface area (Å²) in [5, 5.41) is 13.5. The lowest BCUT2D eigenvalue weighted by Gasteiger charge is -2.20. The smallest absolute Gasteiger partial charge is 0.325 e. The van der Waals surface area contributed by atoms with Gasteiger partial charge in [0.1, 0.15) is 5.54 Å². The van der Waals surface area contributed by atoms with Gasteiger partial charge in [-0.2, -0.15) is 5.10 Å². The molecular weight excluding hydrogens is 268 g/mol. The molecule has 1 fully saturated rings. The molecular formula is C15H18N4O2. The van der Waals surface area contributed by atoms with E-state index in [0.29, 0.717) is 26.1 Å². The molecule has 0 spiro atoms. The minimum atomic E-state index is -1.13. The van der Waals surface area contributed by atoms with E-state index in [2.05, 4.69) is 10.00 Å². The van der Waals surface area contributed by atoms with Crippen LogP contribution in [0.25, 0.3) is 5.69 Å². The van der Waals surface area contributed by atoms with Gasteiger partial charge in [0, 0.05) is 25.8 Å². The van der Waals surface area contributed by atoms with E-state index in [1.807, 2.05) is 41.1 Å². The summed E-state index contributed by atoms with van der Waals surface area (Å²) in [7, 11) is 0. The van der Waals surface area contributed by atoms with E-state index in [9.17, 15) is 9.90 Å². The Hall–Kier alpha value is -2.18. The van der Waals surface area contributed by atoms with Gasteiger partial charge in [0.2, 0.25) is 0 Å². The van der Waals surface area contributed by atoms with E-state index in [1.54, 1.807) is 6.20 Å². The predicted octanol–water partition coefficient (Wildman–Crippen LogP) is 0.860. The monoisotopic (exact) mass is 286 g/mol. The van der Waals surface area contributed by atoms with Crippen molar-refractivity contribution in [1.29, 1.82) is 0 Å². The highest BCUT2D eigenvalue weighted by molar-refractivity contribution is 5.79. The maximum Gasteiger partial charge on any atom is 0.325 e. The molecule has 0 amide bonds. The van der Waals surface area contributed by atoms with Crippen molar-refractivity contribution >= 4 is 5.97 Å².